The summed E-state index contributed by atoms with van der Waals surface area (Å²) in [4.78, 5) is 17.2. The highest BCUT2D eigenvalue weighted by molar-refractivity contribution is 7.98. The van der Waals surface area contributed by atoms with Crippen LogP contribution in [0, 0.1) is 0 Å². The molecule has 1 aliphatic carbocycles. The van der Waals surface area contributed by atoms with Gasteiger partial charge >= 0.3 is 0 Å². The SMILES string of the molecule is CSc1nc2ccccc2c(=O)n1C1CCCC1. The highest BCUT2D eigenvalue weighted by Crippen LogP contribution is 2.31. The molecule has 0 amide bonds. The van der Waals surface area contributed by atoms with Crippen LogP contribution in [0.5, 0.6) is 0 Å². The first-order valence-electron chi connectivity index (χ1n) is 6.36. The van der Waals surface area contributed by atoms with Gasteiger partial charge in [0.2, 0.25) is 0 Å². The van der Waals surface area contributed by atoms with E-state index in [0.717, 1.165) is 28.9 Å². The average Bonchev–Trinajstić information content (AvgIpc) is 2.92. The van der Waals surface area contributed by atoms with Gasteiger partial charge in [-0.15, -0.1) is 0 Å². The van der Waals surface area contributed by atoms with E-state index in [1.54, 1.807) is 11.8 Å². The number of fused-ring (bicyclic) bond motifs is 1. The van der Waals surface area contributed by atoms with Gasteiger partial charge in [0.1, 0.15) is 0 Å². The number of rotatable bonds is 2. The summed E-state index contributed by atoms with van der Waals surface area (Å²) in [5.74, 6) is 0. The van der Waals surface area contributed by atoms with Crippen molar-refractivity contribution in [1.29, 1.82) is 0 Å². The van der Waals surface area contributed by atoms with Crippen LogP contribution < -0.4 is 5.56 Å². The molecular formula is C14H16N2OS. The topological polar surface area (TPSA) is 34.9 Å². The lowest BCUT2D eigenvalue weighted by atomic mass is 10.2. The fourth-order valence-electron chi connectivity index (χ4n) is 2.75. The second-order valence-corrected chi connectivity index (χ2v) is 5.50. The summed E-state index contributed by atoms with van der Waals surface area (Å²) in [6, 6.07) is 7.97. The minimum Gasteiger partial charge on any atom is -0.284 e. The Kier molecular flexibility index (Phi) is 3.12. The number of aromatic nitrogens is 2. The molecule has 1 aromatic heterocycles. The monoisotopic (exact) mass is 260 g/mol. The van der Waals surface area contributed by atoms with Crippen molar-refractivity contribution in [3.8, 4) is 0 Å². The summed E-state index contributed by atoms with van der Waals surface area (Å²) >= 11 is 1.56. The van der Waals surface area contributed by atoms with Crippen LogP contribution in [0.25, 0.3) is 10.9 Å². The summed E-state index contributed by atoms with van der Waals surface area (Å²) in [6.45, 7) is 0. The van der Waals surface area contributed by atoms with Gasteiger partial charge in [-0.1, -0.05) is 36.7 Å². The number of thioether (sulfide) groups is 1. The zero-order valence-corrected chi connectivity index (χ0v) is 11.2. The molecule has 0 aliphatic heterocycles. The average molecular weight is 260 g/mol. The molecular weight excluding hydrogens is 244 g/mol. The van der Waals surface area contributed by atoms with Crippen molar-refractivity contribution in [2.75, 3.05) is 6.26 Å². The number of para-hydroxylation sites is 1. The van der Waals surface area contributed by atoms with Crippen molar-refractivity contribution in [2.24, 2.45) is 0 Å². The smallest absolute Gasteiger partial charge is 0.262 e. The maximum absolute atomic E-state index is 12.6. The number of nitrogens with zero attached hydrogens (tertiary/aromatic N) is 2. The van der Waals surface area contributed by atoms with Crippen molar-refractivity contribution < 1.29 is 0 Å². The molecule has 2 aromatic rings. The van der Waals surface area contributed by atoms with Crippen molar-refractivity contribution in [3.05, 3.63) is 34.6 Å². The summed E-state index contributed by atoms with van der Waals surface area (Å²) in [5, 5.41) is 1.59. The third-order valence-electron chi connectivity index (χ3n) is 3.65. The predicted octanol–water partition coefficient (Wildman–Crippen LogP) is 3.23. The van der Waals surface area contributed by atoms with Gasteiger partial charge < -0.3 is 0 Å². The van der Waals surface area contributed by atoms with Gasteiger partial charge in [-0.25, -0.2) is 4.98 Å². The van der Waals surface area contributed by atoms with E-state index in [2.05, 4.69) is 4.98 Å². The van der Waals surface area contributed by atoms with E-state index in [4.69, 9.17) is 0 Å². The van der Waals surface area contributed by atoms with E-state index in [0.29, 0.717) is 6.04 Å². The molecule has 0 atom stereocenters. The molecule has 0 bridgehead atoms. The minimum absolute atomic E-state index is 0.122. The molecule has 1 saturated carbocycles. The van der Waals surface area contributed by atoms with E-state index in [1.165, 1.54) is 12.8 Å². The van der Waals surface area contributed by atoms with Gasteiger partial charge in [0.05, 0.1) is 10.9 Å². The van der Waals surface area contributed by atoms with Crippen LogP contribution in [0.1, 0.15) is 31.7 Å². The van der Waals surface area contributed by atoms with Crippen LogP contribution in [-0.4, -0.2) is 15.8 Å². The first-order valence-corrected chi connectivity index (χ1v) is 7.59. The Morgan fingerprint density at radius 1 is 1.28 bits per heavy atom. The van der Waals surface area contributed by atoms with Gasteiger partial charge in [-0.05, 0) is 31.2 Å². The Bertz CT molecular complexity index is 629. The number of hydrogen-bond acceptors (Lipinski definition) is 3. The summed E-state index contributed by atoms with van der Waals surface area (Å²) in [6.07, 6.45) is 6.64. The largest absolute Gasteiger partial charge is 0.284 e. The number of benzene rings is 1. The Hall–Kier alpha value is -1.29. The van der Waals surface area contributed by atoms with E-state index in [1.807, 2.05) is 35.1 Å². The molecule has 4 heteroatoms. The van der Waals surface area contributed by atoms with E-state index in [-0.39, 0.29) is 5.56 Å². The normalized spacial score (nSPS) is 16.5. The number of hydrogen-bond donors (Lipinski definition) is 0. The van der Waals surface area contributed by atoms with Gasteiger partial charge in [0, 0.05) is 6.04 Å². The fourth-order valence-corrected chi connectivity index (χ4v) is 3.37. The maximum Gasteiger partial charge on any atom is 0.262 e. The Labute approximate surface area is 110 Å². The molecule has 0 radical (unpaired) electrons. The van der Waals surface area contributed by atoms with E-state index >= 15 is 0 Å². The lowest BCUT2D eigenvalue weighted by Gasteiger charge is -2.17. The second-order valence-electron chi connectivity index (χ2n) is 4.73. The van der Waals surface area contributed by atoms with Crippen LogP contribution in [0.3, 0.4) is 0 Å². The molecule has 1 aromatic carbocycles. The summed E-state index contributed by atoms with van der Waals surface area (Å²) in [7, 11) is 0. The Morgan fingerprint density at radius 3 is 2.72 bits per heavy atom. The van der Waals surface area contributed by atoms with Gasteiger partial charge in [0.25, 0.3) is 5.56 Å². The zero-order chi connectivity index (χ0) is 12.5. The van der Waals surface area contributed by atoms with Gasteiger partial charge in [-0.2, -0.15) is 0 Å². The molecule has 1 aliphatic rings. The van der Waals surface area contributed by atoms with Crippen LogP contribution >= 0.6 is 11.8 Å². The molecule has 1 heterocycles. The highest BCUT2D eigenvalue weighted by Gasteiger charge is 2.22. The van der Waals surface area contributed by atoms with Crippen LogP contribution in [0.15, 0.2) is 34.2 Å². The lowest BCUT2D eigenvalue weighted by Crippen LogP contribution is -2.26. The van der Waals surface area contributed by atoms with E-state index in [9.17, 15) is 4.79 Å². The zero-order valence-electron chi connectivity index (χ0n) is 10.4. The second kappa shape index (κ2) is 4.76. The van der Waals surface area contributed by atoms with Gasteiger partial charge in [0.15, 0.2) is 5.16 Å². The maximum atomic E-state index is 12.6. The summed E-state index contributed by atoms with van der Waals surface area (Å²) < 4.78 is 1.92. The van der Waals surface area contributed by atoms with Crippen molar-refractivity contribution >= 4 is 22.7 Å². The molecule has 0 unspecified atom stereocenters. The molecule has 0 spiro atoms. The van der Waals surface area contributed by atoms with E-state index < -0.39 is 0 Å². The molecule has 18 heavy (non-hydrogen) atoms. The van der Waals surface area contributed by atoms with Crippen molar-refractivity contribution in [3.63, 3.8) is 0 Å². The van der Waals surface area contributed by atoms with Crippen molar-refractivity contribution in [2.45, 2.75) is 36.9 Å². The molecule has 0 saturated heterocycles. The predicted molar refractivity (Wildman–Crippen MR) is 75.3 cm³/mol. The first kappa shape index (κ1) is 11.8. The molecule has 3 nitrogen and oxygen atoms in total. The van der Waals surface area contributed by atoms with Gasteiger partial charge in [-0.3, -0.25) is 9.36 Å². The Balaban J connectivity index is 2.28. The third-order valence-corrected chi connectivity index (χ3v) is 4.30. The van der Waals surface area contributed by atoms with Crippen LogP contribution in [0.4, 0.5) is 0 Å². The third kappa shape index (κ3) is 1.85. The first-order chi connectivity index (χ1) is 8.81. The minimum atomic E-state index is 0.122. The van der Waals surface area contributed by atoms with Crippen LogP contribution in [-0.2, 0) is 0 Å². The quantitative estimate of drug-likeness (QED) is 0.614. The summed E-state index contributed by atoms with van der Waals surface area (Å²) in [5.41, 5.74) is 0.929. The molecule has 3 rings (SSSR count). The lowest BCUT2D eigenvalue weighted by molar-refractivity contribution is 0.458. The van der Waals surface area contributed by atoms with Crippen molar-refractivity contribution in [1.82, 2.24) is 9.55 Å². The molecule has 94 valence electrons. The standard InChI is InChI=1S/C14H16N2OS/c1-18-14-15-12-9-5-4-8-11(12)13(17)16(14)10-6-2-3-7-10/h4-5,8-10H,2-3,6-7H2,1H3. The van der Waals surface area contributed by atoms with Crippen LogP contribution in [0.2, 0.25) is 0 Å². The highest BCUT2D eigenvalue weighted by atomic mass is 32.2. The molecule has 0 N–H and O–H groups in total. The Morgan fingerprint density at radius 2 is 2.00 bits per heavy atom. The molecule has 1 fully saturated rings. The fraction of sp³-hybridized carbons (Fsp3) is 0.429.